The van der Waals surface area contributed by atoms with Crippen LogP contribution in [-0.2, 0) is 0 Å². The first-order valence-electron chi connectivity index (χ1n) is 5.73. The van der Waals surface area contributed by atoms with Gasteiger partial charge in [0, 0.05) is 4.83 Å². The zero-order chi connectivity index (χ0) is 11.9. The van der Waals surface area contributed by atoms with E-state index in [1.807, 2.05) is 36.4 Å². The predicted octanol–water partition coefficient (Wildman–Crippen LogP) is 4.59. The molecule has 0 saturated heterocycles. The fourth-order valence-electron chi connectivity index (χ4n) is 1.63. The average molecular weight is 291 g/mol. The number of benzene rings is 2. The van der Waals surface area contributed by atoms with E-state index in [4.69, 9.17) is 4.74 Å². The molecule has 0 N–H and O–H groups in total. The molecule has 0 aliphatic rings. The Morgan fingerprint density at radius 3 is 2.12 bits per heavy atom. The molecular weight excluding hydrogens is 276 g/mol. The second kappa shape index (κ2) is 6.45. The number of hydrogen-bond acceptors (Lipinski definition) is 1. The molecule has 0 aliphatic carbocycles. The van der Waals surface area contributed by atoms with Crippen LogP contribution < -0.4 is 4.74 Å². The van der Waals surface area contributed by atoms with Crippen LogP contribution in [0.3, 0.4) is 0 Å². The van der Waals surface area contributed by atoms with Crippen molar-refractivity contribution >= 4 is 15.9 Å². The Balaban J connectivity index is 1.79. The molecule has 0 spiro atoms. The molecule has 0 aromatic heterocycles. The Bertz CT molecular complexity index is 427. The van der Waals surface area contributed by atoms with E-state index in [2.05, 4.69) is 40.2 Å². The molecule has 0 fully saturated rings. The molecular formula is C15H15BrO. The molecule has 2 aromatic rings. The summed E-state index contributed by atoms with van der Waals surface area (Å²) in [4.78, 5) is 0.354. The Morgan fingerprint density at radius 2 is 1.47 bits per heavy atom. The largest absolute Gasteiger partial charge is 0.494 e. The van der Waals surface area contributed by atoms with E-state index in [0.29, 0.717) is 4.83 Å². The van der Waals surface area contributed by atoms with Crippen molar-refractivity contribution in [2.45, 2.75) is 11.2 Å². The summed E-state index contributed by atoms with van der Waals surface area (Å²) >= 11 is 3.68. The molecule has 1 unspecified atom stereocenters. The molecule has 0 amide bonds. The van der Waals surface area contributed by atoms with Crippen LogP contribution in [0.15, 0.2) is 60.7 Å². The van der Waals surface area contributed by atoms with E-state index in [-0.39, 0.29) is 0 Å². The van der Waals surface area contributed by atoms with Crippen LogP contribution in [0.25, 0.3) is 0 Å². The van der Waals surface area contributed by atoms with Gasteiger partial charge in [-0.2, -0.15) is 0 Å². The Hall–Kier alpha value is -1.28. The van der Waals surface area contributed by atoms with Gasteiger partial charge in [0.1, 0.15) is 5.75 Å². The van der Waals surface area contributed by atoms with Crippen molar-refractivity contribution in [1.82, 2.24) is 0 Å². The summed E-state index contributed by atoms with van der Waals surface area (Å²) in [7, 11) is 0. The first kappa shape index (κ1) is 12.2. The van der Waals surface area contributed by atoms with Gasteiger partial charge in [0.15, 0.2) is 0 Å². The lowest BCUT2D eigenvalue weighted by Gasteiger charge is -2.11. The summed E-state index contributed by atoms with van der Waals surface area (Å²) in [5.41, 5.74) is 1.30. The number of hydrogen-bond donors (Lipinski definition) is 0. The number of halogens is 1. The summed E-state index contributed by atoms with van der Waals surface area (Å²) < 4.78 is 5.67. The van der Waals surface area contributed by atoms with Crippen LogP contribution in [0.4, 0.5) is 0 Å². The summed E-state index contributed by atoms with van der Waals surface area (Å²) in [5.74, 6) is 0.931. The van der Waals surface area contributed by atoms with Gasteiger partial charge in [0.25, 0.3) is 0 Å². The van der Waals surface area contributed by atoms with Crippen LogP contribution >= 0.6 is 15.9 Å². The lowest BCUT2D eigenvalue weighted by Crippen LogP contribution is -2.01. The maximum absolute atomic E-state index is 5.67. The Morgan fingerprint density at radius 1 is 0.882 bits per heavy atom. The maximum Gasteiger partial charge on any atom is 0.119 e. The summed E-state index contributed by atoms with van der Waals surface area (Å²) in [6.45, 7) is 0.717. The van der Waals surface area contributed by atoms with Gasteiger partial charge >= 0.3 is 0 Å². The van der Waals surface area contributed by atoms with Gasteiger partial charge in [-0.3, -0.25) is 0 Å². The second-order valence-corrected chi connectivity index (χ2v) is 4.93. The first-order chi connectivity index (χ1) is 8.36. The van der Waals surface area contributed by atoms with Crippen LogP contribution in [-0.4, -0.2) is 6.61 Å². The molecule has 88 valence electrons. The van der Waals surface area contributed by atoms with Crippen molar-refractivity contribution in [1.29, 1.82) is 0 Å². The van der Waals surface area contributed by atoms with Crippen molar-refractivity contribution in [2.75, 3.05) is 6.61 Å². The van der Waals surface area contributed by atoms with Crippen molar-refractivity contribution in [3.8, 4) is 5.75 Å². The number of alkyl halides is 1. The lowest BCUT2D eigenvalue weighted by molar-refractivity contribution is 0.310. The minimum absolute atomic E-state index is 0.354. The lowest BCUT2D eigenvalue weighted by atomic mass is 10.1. The normalized spacial score (nSPS) is 12.1. The van der Waals surface area contributed by atoms with Crippen LogP contribution in [0.2, 0.25) is 0 Å². The molecule has 2 aromatic carbocycles. The minimum atomic E-state index is 0.354. The standard InChI is InChI=1S/C15H15BrO/c16-15(13-7-3-1-4-8-13)11-12-17-14-9-5-2-6-10-14/h1-10,15H,11-12H2. The number of rotatable bonds is 5. The summed E-state index contributed by atoms with van der Waals surface area (Å²) in [5, 5.41) is 0. The Kier molecular flexibility index (Phi) is 4.63. The van der Waals surface area contributed by atoms with Gasteiger partial charge in [-0.15, -0.1) is 0 Å². The van der Waals surface area contributed by atoms with Gasteiger partial charge in [-0.05, 0) is 24.1 Å². The van der Waals surface area contributed by atoms with Crippen LogP contribution in [0.5, 0.6) is 5.75 Å². The molecule has 2 heteroatoms. The topological polar surface area (TPSA) is 9.23 Å². The second-order valence-electron chi connectivity index (χ2n) is 3.83. The third-order valence-electron chi connectivity index (χ3n) is 2.54. The van der Waals surface area contributed by atoms with E-state index in [0.717, 1.165) is 18.8 Å². The number of para-hydroxylation sites is 1. The van der Waals surface area contributed by atoms with Crippen molar-refractivity contribution < 1.29 is 4.74 Å². The van der Waals surface area contributed by atoms with E-state index in [1.54, 1.807) is 0 Å². The minimum Gasteiger partial charge on any atom is -0.494 e. The van der Waals surface area contributed by atoms with E-state index < -0.39 is 0 Å². The Labute approximate surface area is 111 Å². The van der Waals surface area contributed by atoms with E-state index in [9.17, 15) is 0 Å². The van der Waals surface area contributed by atoms with Gasteiger partial charge in [0.2, 0.25) is 0 Å². The van der Waals surface area contributed by atoms with Crippen LogP contribution in [0.1, 0.15) is 16.8 Å². The van der Waals surface area contributed by atoms with Gasteiger partial charge in [-0.25, -0.2) is 0 Å². The molecule has 2 rings (SSSR count). The zero-order valence-corrected chi connectivity index (χ0v) is 11.1. The maximum atomic E-state index is 5.67. The third-order valence-corrected chi connectivity index (χ3v) is 3.53. The molecule has 0 radical (unpaired) electrons. The van der Waals surface area contributed by atoms with Crippen molar-refractivity contribution in [2.24, 2.45) is 0 Å². The molecule has 0 heterocycles. The summed E-state index contributed by atoms with van der Waals surface area (Å²) in [6, 6.07) is 20.3. The number of ether oxygens (including phenoxy) is 1. The van der Waals surface area contributed by atoms with Crippen LogP contribution in [0, 0.1) is 0 Å². The molecule has 17 heavy (non-hydrogen) atoms. The fourth-order valence-corrected chi connectivity index (χ4v) is 2.12. The third kappa shape index (κ3) is 3.90. The van der Waals surface area contributed by atoms with Crippen molar-refractivity contribution in [3.05, 3.63) is 66.2 Å². The highest BCUT2D eigenvalue weighted by atomic mass is 79.9. The smallest absolute Gasteiger partial charge is 0.119 e. The molecule has 0 saturated carbocycles. The molecule has 1 atom stereocenters. The quantitative estimate of drug-likeness (QED) is 0.732. The molecule has 1 nitrogen and oxygen atoms in total. The highest BCUT2D eigenvalue weighted by molar-refractivity contribution is 9.09. The first-order valence-corrected chi connectivity index (χ1v) is 6.64. The SMILES string of the molecule is BrC(CCOc1ccccc1)c1ccccc1. The highest BCUT2D eigenvalue weighted by Crippen LogP contribution is 2.26. The highest BCUT2D eigenvalue weighted by Gasteiger charge is 2.06. The summed E-state index contributed by atoms with van der Waals surface area (Å²) in [6.07, 6.45) is 0.957. The van der Waals surface area contributed by atoms with E-state index >= 15 is 0 Å². The van der Waals surface area contributed by atoms with Gasteiger partial charge < -0.3 is 4.74 Å². The monoisotopic (exact) mass is 290 g/mol. The fraction of sp³-hybridized carbons (Fsp3) is 0.200. The zero-order valence-electron chi connectivity index (χ0n) is 9.55. The van der Waals surface area contributed by atoms with Gasteiger partial charge in [-0.1, -0.05) is 64.5 Å². The predicted molar refractivity (Wildman–Crippen MR) is 74.7 cm³/mol. The average Bonchev–Trinajstić information content (AvgIpc) is 2.41. The van der Waals surface area contributed by atoms with E-state index in [1.165, 1.54) is 5.56 Å². The van der Waals surface area contributed by atoms with Crippen molar-refractivity contribution in [3.63, 3.8) is 0 Å². The molecule has 0 bridgehead atoms. The molecule has 0 aliphatic heterocycles. The van der Waals surface area contributed by atoms with Gasteiger partial charge in [0.05, 0.1) is 6.61 Å².